The van der Waals surface area contributed by atoms with E-state index in [0.717, 1.165) is 5.56 Å². The van der Waals surface area contributed by atoms with E-state index in [1.807, 2.05) is 12.1 Å². The standard InChI is InChI=1S/C21H20N4O3/c1-2-28-21(27)16-3-5-18(6-4-16)25-20(26)17-9-12-23-19(13-17)24-14-15-7-10-22-11-8-15/h3-13H,2,14H2,1H3,(H,23,24)(H,25,26). The minimum atomic E-state index is -0.389. The molecule has 0 fully saturated rings. The Kier molecular flexibility index (Phi) is 6.30. The predicted molar refractivity (Wildman–Crippen MR) is 106 cm³/mol. The van der Waals surface area contributed by atoms with Gasteiger partial charge in [-0.25, -0.2) is 9.78 Å². The molecule has 7 heteroatoms. The van der Waals surface area contributed by atoms with Crippen LogP contribution in [0.2, 0.25) is 0 Å². The molecule has 0 bridgehead atoms. The average molecular weight is 376 g/mol. The van der Waals surface area contributed by atoms with Crippen LogP contribution in [0.4, 0.5) is 11.5 Å². The van der Waals surface area contributed by atoms with Crippen molar-refractivity contribution in [3.8, 4) is 0 Å². The molecule has 0 aliphatic rings. The van der Waals surface area contributed by atoms with E-state index in [9.17, 15) is 9.59 Å². The first-order valence-corrected chi connectivity index (χ1v) is 8.83. The van der Waals surface area contributed by atoms with Crippen LogP contribution in [-0.2, 0) is 11.3 Å². The number of nitrogens with zero attached hydrogens (tertiary/aromatic N) is 2. The fourth-order valence-corrected chi connectivity index (χ4v) is 2.47. The van der Waals surface area contributed by atoms with E-state index < -0.39 is 0 Å². The fraction of sp³-hybridized carbons (Fsp3) is 0.143. The molecule has 0 unspecified atom stereocenters. The van der Waals surface area contributed by atoms with Gasteiger partial charge in [0.25, 0.3) is 5.91 Å². The molecule has 1 amide bonds. The predicted octanol–water partition coefficient (Wildman–Crippen LogP) is 3.52. The van der Waals surface area contributed by atoms with Gasteiger partial charge in [0, 0.05) is 36.4 Å². The first-order valence-electron chi connectivity index (χ1n) is 8.83. The van der Waals surface area contributed by atoms with E-state index in [-0.39, 0.29) is 11.9 Å². The summed E-state index contributed by atoms with van der Waals surface area (Å²) >= 11 is 0. The maximum Gasteiger partial charge on any atom is 0.338 e. The van der Waals surface area contributed by atoms with Gasteiger partial charge in [-0.3, -0.25) is 9.78 Å². The van der Waals surface area contributed by atoms with E-state index >= 15 is 0 Å². The summed E-state index contributed by atoms with van der Waals surface area (Å²) in [5, 5.41) is 5.98. The van der Waals surface area contributed by atoms with Crippen LogP contribution in [0, 0.1) is 0 Å². The molecule has 0 saturated heterocycles. The molecule has 2 N–H and O–H groups in total. The Morgan fingerprint density at radius 1 is 0.964 bits per heavy atom. The first-order chi connectivity index (χ1) is 13.7. The lowest BCUT2D eigenvalue weighted by atomic mass is 10.2. The van der Waals surface area contributed by atoms with Crippen molar-refractivity contribution in [2.75, 3.05) is 17.2 Å². The molecule has 7 nitrogen and oxygen atoms in total. The third kappa shape index (κ3) is 5.14. The number of hydrogen-bond donors (Lipinski definition) is 2. The van der Waals surface area contributed by atoms with Crippen LogP contribution in [0.1, 0.15) is 33.2 Å². The van der Waals surface area contributed by atoms with E-state index in [0.29, 0.717) is 35.8 Å². The van der Waals surface area contributed by atoms with Crippen molar-refractivity contribution >= 4 is 23.4 Å². The van der Waals surface area contributed by atoms with Gasteiger partial charge in [0.2, 0.25) is 0 Å². The number of pyridine rings is 2. The maximum absolute atomic E-state index is 12.5. The SMILES string of the molecule is CCOC(=O)c1ccc(NC(=O)c2ccnc(NCc3ccncc3)c2)cc1. The zero-order valence-electron chi connectivity index (χ0n) is 15.4. The van der Waals surface area contributed by atoms with Crippen LogP contribution >= 0.6 is 0 Å². The minimum Gasteiger partial charge on any atom is -0.462 e. The highest BCUT2D eigenvalue weighted by Gasteiger charge is 2.09. The summed E-state index contributed by atoms with van der Waals surface area (Å²) in [6, 6.07) is 13.7. The fourth-order valence-electron chi connectivity index (χ4n) is 2.47. The normalized spacial score (nSPS) is 10.2. The van der Waals surface area contributed by atoms with Gasteiger partial charge in [-0.1, -0.05) is 0 Å². The highest BCUT2D eigenvalue weighted by molar-refractivity contribution is 6.04. The summed E-state index contributed by atoms with van der Waals surface area (Å²) in [4.78, 5) is 32.4. The summed E-state index contributed by atoms with van der Waals surface area (Å²) < 4.78 is 4.94. The van der Waals surface area contributed by atoms with Gasteiger partial charge < -0.3 is 15.4 Å². The lowest BCUT2D eigenvalue weighted by Crippen LogP contribution is -2.13. The van der Waals surface area contributed by atoms with E-state index in [1.165, 1.54) is 0 Å². The second-order valence-corrected chi connectivity index (χ2v) is 5.89. The third-order valence-corrected chi connectivity index (χ3v) is 3.90. The lowest BCUT2D eigenvalue weighted by Gasteiger charge is -2.09. The number of carbonyl (C=O) groups excluding carboxylic acids is 2. The number of nitrogens with one attached hydrogen (secondary N) is 2. The molecule has 3 rings (SSSR count). The number of amides is 1. The molecular formula is C21H20N4O3. The number of ether oxygens (including phenoxy) is 1. The topological polar surface area (TPSA) is 93.2 Å². The molecule has 0 spiro atoms. The van der Waals surface area contributed by atoms with Gasteiger partial charge in [-0.15, -0.1) is 0 Å². The Balaban J connectivity index is 1.62. The molecule has 3 aromatic rings. The largest absolute Gasteiger partial charge is 0.462 e. The number of anilines is 2. The molecule has 1 aromatic carbocycles. The van der Waals surface area contributed by atoms with Crippen molar-refractivity contribution in [2.45, 2.75) is 13.5 Å². The van der Waals surface area contributed by atoms with Gasteiger partial charge in [0.1, 0.15) is 5.82 Å². The van der Waals surface area contributed by atoms with Gasteiger partial charge in [0.15, 0.2) is 0 Å². The zero-order valence-corrected chi connectivity index (χ0v) is 15.4. The molecule has 28 heavy (non-hydrogen) atoms. The molecule has 2 aromatic heterocycles. The quantitative estimate of drug-likeness (QED) is 0.613. The number of benzene rings is 1. The molecular weight excluding hydrogens is 356 g/mol. The molecule has 2 heterocycles. The summed E-state index contributed by atoms with van der Waals surface area (Å²) in [7, 11) is 0. The summed E-state index contributed by atoms with van der Waals surface area (Å²) in [5.74, 6) is -0.0557. The van der Waals surface area contributed by atoms with Crippen LogP contribution in [0.25, 0.3) is 0 Å². The lowest BCUT2D eigenvalue weighted by molar-refractivity contribution is 0.0526. The van der Waals surface area contributed by atoms with Gasteiger partial charge in [-0.2, -0.15) is 0 Å². The number of rotatable bonds is 7. The maximum atomic E-state index is 12.5. The van der Waals surface area contributed by atoms with Crippen LogP contribution in [-0.4, -0.2) is 28.5 Å². The van der Waals surface area contributed by atoms with Crippen molar-refractivity contribution in [3.05, 3.63) is 83.8 Å². The Labute approximate surface area is 162 Å². The third-order valence-electron chi connectivity index (χ3n) is 3.90. The van der Waals surface area contributed by atoms with Crippen LogP contribution in [0.5, 0.6) is 0 Å². The molecule has 0 atom stereocenters. The number of carbonyl (C=O) groups is 2. The first kappa shape index (κ1) is 19.0. The van der Waals surface area contributed by atoms with E-state index in [4.69, 9.17) is 4.74 Å². The van der Waals surface area contributed by atoms with Crippen LogP contribution in [0.3, 0.4) is 0 Å². The molecule has 142 valence electrons. The smallest absolute Gasteiger partial charge is 0.338 e. The highest BCUT2D eigenvalue weighted by Crippen LogP contribution is 2.14. The summed E-state index contributed by atoms with van der Waals surface area (Å²) in [6.07, 6.45) is 5.02. The number of hydrogen-bond acceptors (Lipinski definition) is 6. The van der Waals surface area contributed by atoms with E-state index in [2.05, 4.69) is 20.6 Å². The Morgan fingerprint density at radius 3 is 2.43 bits per heavy atom. The monoisotopic (exact) mass is 376 g/mol. The molecule has 0 radical (unpaired) electrons. The highest BCUT2D eigenvalue weighted by atomic mass is 16.5. The van der Waals surface area contributed by atoms with Crippen molar-refractivity contribution in [3.63, 3.8) is 0 Å². The van der Waals surface area contributed by atoms with Crippen molar-refractivity contribution in [2.24, 2.45) is 0 Å². The van der Waals surface area contributed by atoms with Crippen molar-refractivity contribution in [1.29, 1.82) is 0 Å². The molecule has 0 saturated carbocycles. The zero-order chi connectivity index (χ0) is 19.8. The Morgan fingerprint density at radius 2 is 1.71 bits per heavy atom. The summed E-state index contributed by atoms with van der Waals surface area (Å²) in [6.45, 7) is 2.65. The average Bonchev–Trinajstić information content (AvgIpc) is 2.74. The number of aromatic nitrogens is 2. The second-order valence-electron chi connectivity index (χ2n) is 5.89. The Bertz CT molecular complexity index is 943. The van der Waals surface area contributed by atoms with Gasteiger partial charge >= 0.3 is 5.97 Å². The van der Waals surface area contributed by atoms with Gasteiger partial charge in [0.05, 0.1) is 12.2 Å². The minimum absolute atomic E-state index is 0.266. The van der Waals surface area contributed by atoms with Crippen LogP contribution < -0.4 is 10.6 Å². The van der Waals surface area contributed by atoms with Crippen molar-refractivity contribution in [1.82, 2.24) is 9.97 Å². The Hall–Kier alpha value is -3.74. The summed E-state index contributed by atoms with van der Waals surface area (Å²) in [5.41, 5.74) is 2.56. The molecule has 0 aliphatic heterocycles. The second kappa shape index (κ2) is 9.27. The van der Waals surface area contributed by atoms with Gasteiger partial charge in [-0.05, 0) is 61.0 Å². The van der Waals surface area contributed by atoms with Crippen molar-refractivity contribution < 1.29 is 14.3 Å². The van der Waals surface area contributed by atoms with Crippen LogP contribution in [0.15, 0.2) is 67.1 Å². The van der Waals surface area contributed by atoms with E-state index in [1.54, 1.807) is 61.9 Å². The molecule has 0 aliphatic carbocycles. The number of esters is 1.